The average molecular weight is 445 g/mol. The Hall–Kier alpha value is -3.93. The summed E-state index contributed by atoms with van der Waals surface area (Å²) >= 11 is 0. The molecule has 0 aromatic heterocycles. The standard InChI is InChI=1S/C27H24FNO4/c1-3-32-27(30)25-24(19-9-5-4-6-10-19)22-13-12-21(17-23(22)26(25)29(2)31)33-15-14-18-8-7-11-20(28)16-18/h4-13,16-17H,3,14-15H2,1-2H3/b29-26+. The Balaban J connectivity index is 1.70. The summed E-state index contributed by atoms with van der Waals surface area (Å²) in [4.78, 5) is 12.9. The van der Waals surface area contributed by atoms with Crippen LogP contribution in [0.3, 0.4) is 0 Å². The summed E-state index contributed by atoms with van der Waals surface area (Å²) in [5.74, 6) is -0.269. The molecule has 1 aliphatic rings. The molecule has 4 rings (SSSR count). The molecule has 0 atom stereocenters. The number of esters is 1. The van der Waals surface area contributed by atoms with Crippen molar-refractivity contribution in [2.24, 2.45) is 0 Å². The van der Waals surface area contributed by atoms with E-state index in [0.29, 0.717) is 34.7 Å². The van der Waals surface area contributed by atoms with E-state index in [0.717, 1.165) is 16.7 Å². The van der Waals surface area contributed by atoms with Gasteiger partial charge in [0.2, 0.25) is 5.71 Å². The van der Waals surface area contributed by atoms with Crippen LogP contribution >= 0.6 is 0 Å². The fraction of sp³-hybridized carbons (Fsp3) is 0.185. The number of hydrogen-bond donors (Lipinski definition) is 0. The van der Waals surface area contributed by atoms with Crippen molar-refractivity contribution in [3.8, 4) is 5.75 Å². The minimum atomic E-state index is -0.543. The van der Waals surface area contributed by atoms with Gasteiger partial charge in [-0.3, -0.25) is 0 Å². The number of hydroxylamine groups is 1. The predicted molar refractivity (Wildman–Crippen MR) is 125 cm³/mol. The monoisotopic (exact) mass is 445 g/mol. The summed E-state index contributed by atoms with van der Waals surface area (Å²) in [6, 6.07) is 21.3. The van der Waals surface area contributed by atoms with Crippen molar-refractivity contribution in [3.05, 3.63) is 112 Å². The average Bonchev–Trinajstić information content (AvgIpc) is 3.15. The van der Waals surface area contributed by atoms with Crippen LogP contribution < -0.4 is 4.74 Å². The van der Waals surface area contributed by atoms with E-state index in [9.17, 15) is 14.4 Å². The predicted octanol–water partition coefficient (Wildman–Crippen LogP) is 4.76. The molecule has 0 saturated carbocycles. The largest absolute Gasteiger partial charge is 0.624 e. The lowest BCUT2D eigenvalue weighted by Crippen LogP contribution is -2.21. The SMILES string of the molecule is CCOC(=O)C1=C(c2ccccc2)c2ccc(OCCc3cccc(F)c3)cc2/C1=[N+](/C)[O-]. The van der Waals surface area contributed by atoms with Crippen LogP contribution in [0.25, 0.3) is 5.57 Å². The number of hydrogen-bond acceptors (Lipinski definition) is 4. The Morgan fingerprint density at radius 2 is 1.79 bits per heavy atom. The van der Waals surface area contributed by atoms with Crippen LogP contribution in [-0.2, 0) is 16.0 Å². The zero-order valence-corrected chi connectivity index (χ0v) is 18.5. The molecule has 0 aliphatic heterocycles. The first-order chi connectivity index (χ1) is 16.0. The fourth-order valence-corrected chi connectivity index (χ4v) is 4.03. The summed E-state index contributed by atoms with van der Waals surface area (Å²) in [7, 11) is 1.36. The Bertz CT molecular complexity index is 1240. The number of ether oxygens (including phenoxy) is 2. The van der Waals surface area contributed by atoms with Gasteiger partial charge in [0.25, 0.3) is 0 Å². The number of carbonyl (C=O) groups excluding carboxylic acids is 1. The minimum absolute atomic E-state index is 0.199. The van der Waals surface area contributed by atoms with Gasteiger partial charge in [0, 0.05) is 12.0 Å². The lowest BCUT2D eigenvalue weighted by atomic mass is 9.97. The lowest BCUT2D eigenvalue weighted by molar-refractivity contribution is -0.421. The summed E-state index contributed by atoms with van der Waals surface area (Å²) in [5, 5.41) is 12.6. The maximum atomic E-state index is 13.4. The minimum Gasteiger partial charge on any atom is -0.624 e. The van der Waals surface area contributed by atoms with Crippen molar-refractivity contribution >= 4 is 17.3 Å². The smallest absolute Gasteiger partial charge is 0.345 e. The molecule has 0 unspecified atom stereocenters. The van der Waals surface area contributed by atoms with Crippen LogP contribution in [0.1, 0.15) is 29.2 Å². The van der Waals surface area contributed by atoms with Crippen molar-refractivity contribution in [1.82, 2.24) is 0 Å². The van der Waals surface area contributed by atoms with Gasteiger partial charge in [0.1, 0.15) is 24.2 Å². The van der Waals surface area contributed by atoms with Crippen molar-refractivity contribution in [1.29, 1.82) is 0 Å². The van der Waals surface area contributed by atoms with Crippen molar-refractivity contribution in [3.63, 3.8) is 0 Å². The molecule has 0 N–H and O–H groups in total. The molecule has 0 spiro atoms. The number of rotatable bonds is 7. The molecule has 6 heteroatoms. The normalized spacial score (nSPS) is 14.2. The molecule has 0 saturated heterocycles. The van der Waals surface area contributed by atoms with Gasteiger partial charge in [-0.1, -0.05) is 42.5 Å². The van der Waals surface area contributed by atoms with Gasteiger partial charge >= 0.3 is 5.97 Å². The van der Waals surface area contributed by atoms with Gasteiger partial charge in [-0.2, -0.15) is 0 Å². The van der Waals surface area contributed by atoms with Crippen LogP contribution in [-0.4, -0.2) is 36.7 Å². The number of nitrogens with zero attached hydrogens (tertiary/aromatic N) is 1. The zero-order valence-electron chi connectivity index (χ0n) is 18.5. The van der Waals surface area contributed by atoms with Crippen molar-refractivity contribution in [2.45, 2.75) is 13.3 Å². The van der Waals surface area contributed by atoms with Crippen molar-refractivity contribution in [2.75, 3.05) is 20.3 Å². The Labute approximate surface area is 192 Å². The maximum absolute atomic E-state index is 13.4. The maximum Gasteiger partial charge on any atom is 0.345 e. The van der Waals surface area contributed by atoms with E-state index < -0.39 is 5.97 Å². The quantitative estimate of drug-likeness (QED) is 0.228. The van der Waals surface area contributed by atoms with Crippen LogP contribution in [0, 0.1) is 11.0 Å². The van der Waals surface area contributed by atoms with Gasteiger partial charge in [-0.05, 0) is 53.9 Å². The van der Waals surface area contributed by atoms with Gasteiger partial charge in [-0.25, -0.2) is 13.9 Å². The summed E-state index contributed by atoms with van der Waals surface area (Å²) in [5.41, 5.74) is 4.18. The number of benzene rings is 3. The van der Waals surface area contributed by atoms with E-state index in [1.807, 2.05) is 48.5 Å². The van der Waals surface area contributed by atoms with Gasteiger partial charge in [0.15, 0.2) is 0 Å². The van der Waals surface area contributed by atoms with Crippen LogP contribution in [0.2, 0.25) is 0 Å². The highest BCUT2D eigenvalue weighted by atomic mass is 19.1. The molecule has 3 aromatic rings. The second-order valence-corrected chi connectivity index (χ2v) is 7.62. The molecule has 168 valence electrons. The molecule has 0 bridgehead atoms. The molecule has 5 nitrogen and oxygen atoms in total. The number of carbonyl (C=O) groups is 1. The fourth-order valence-electron chi connectivity index (χ4n) is 4.03. The topological polar surface area (TPSA) is 61.6 Å². The van der Waals surface area contributed by atoms with Gasteiger partial charge in [0.05, 0.1) is 18.8 Å². The van der Waals surface area contributed by atoms with E-state index in [1.54, 1.807) is 19.1 Å². The molecule has 3 aromatic carbocycles. The number of halogens is 1. The second-order valence-electron chi connectivity index (χ2n) is 7.62. The van der Waals surface area contributed by atoms with E-state index in [2.05, 4.69) is 0 Å². The van der Waals surface area contributed by atoms with Gasteiger partial charge < -0.3 is 14.7 Å². The first kappa shape index (κ1) is 22.3. The molecule has 0 radical (unpaired) electrons. The third kappa shape index (κ3) is 4.65. The molecule has 0 amide bonds. The van der Waals surface area contributed by atoms with E-state index in [-0.39, 0.29) is 23.7 Å². The highest BCUT2D eigenvalue weighted by molar-refractivity contribution is 6.35. The van der Waals surface area contributed by atoms with Gasteiger partial charge in [-0.15, -0.1) is 0 Å². The Morgan fingerprint density at radius 1 is 1.00 bits per heavy atom. The molecule has 1 aliphatic carbocycles. The molecule has 33 heavy (non-hydrogen) atoms. The van der Waals surface area contributed by atoms with E-state index in [4.69, 9.17) is 9.47 Å². The second kappa shape index (κ2) is 9.69. The molecular weight excluding hydrogens is 421 g/mol. The molecular formula is C27H24FNO4. The van der Waals surface area contributed by atoms with Crippen molar-refractivity contribution < 1.29 is 23.4 Å². The third-order valence-electron chi connectivity index (χ3n) is 5.41. The first-order valence-electron chi connectivity index (χ1n) is 10.8. The highest BCUT2D eigenvalue weighted by Gasteiger charge is 2.39. The zero-order chi connectivity index (χ0) is 23.4. The number of fused-ring (bicyclic) bond motifs is 1. The summed E-state index contributed by atoms with van der Waals surface area (Å²) in [6.45, 7) is 2.27. The highest BCUT2D eigenvalue weighted by Crippen LogP contribution is 2.40. The van der Waals surface area contributed by atoms with Crippen LogP contribution in [0.4, 0.5) is 4.39 Å². The Morgan fingerprint density at radius 3 is 2.48 bits per heavy atom. The Kier molecular flexibility index (Phi) is 6.54. The third-order valence-corrected chi connectivity index (χ3v) is 5.41. The molecule has 0 heterocycles. The van der Waals surface area contributed by atoms with E-state index in [1.165, 1.54) is 19.2 Å². The summed E-state index contributed by atoms with van der Waals surface area (Å²) in [6.07, 6.45) is 0.536. The van der Waals surface area contributed by atoms with Crippen LogP contribution in [0.5, 0.6) is 5.75 Å². The summed E-state index contributed by atoms with van der Waals surface area (Å²) < 4.78 is 25.3. The molecule has 0 fully saturated rings. The lowest BCUT2D eigenvalue weighted by Gasteiger charge is -2.10. The van der Waals surface area contributed by atoms with Crippen LogP contribution in [0.15, 0.2) is 78.4 Å². The van der Waals surface area contributed by atoms with E-state index >= 15 is 0 Å². The first-order valence-corrected chi connectivity index (χ1v) is 10.8.